The maximum absolute atomic E-state index is 11.7. The van der Waals surface area contributed by atoms with Crippen molar-refractivity contribution in [3.05, 3.63) is 58.3 Å². The van der Waals surface area contributed by atoms with Gasteiger partial charge in [-0.25, -0.2) is 9.78 Å². The number of hydrogen-bond donors (Lipinski definition) is 1. The molecule has 0 bridgehead atoms. The van der Waals surface area contributed by atoms with Crippen LogP contribution in [0.4, 0.5) is 17.2 Å². The Labute approximate surface area is 138 Å². The van der Waals surface area contributed by atoms with E-state index in [1.165, 1.54) is 19.4 Å². The van der Waals surface area contributed by atoms with Crippen LogP contribution in [0.3, 0.4) is 0 Å². The molecule has 0 unspecified atom stereocenters. The fourth-order valence-corrected chi connectivity index (χ4v) is 2.64. The number of para-hydroxylation sites is 1. The van der Waals surface area contributed by atoms with Gasteiger partial charge in [0.2, 0.25) is 5.82 Å². The molecule has 0 atom stereocenters. The topological polar surface area (TPSA) is 97.6 Å². The van der Waals surface area contributed by atoms with Crippen LogP contribution < -0.4 is 10.2 Å². The molecule has 1 saturated heterocycles. The minimum Gasteiger partial charge on any atom is -0.465 e. The Morgan fingerprint density at radius 2 is 2.04 bits per heavy atom. The zero-order valence-corrected chi connectivity index (χ0v) is 13.0. The number of aromatic nitrogens is 1. The number of anilines is 2. The molecule has 1 aromatic carbocycles. The quantitative estimate of drug-likeness (QED) is 0.510. The predicted octanol–water partition coefficient (Wildman–Crippen LogP) is 2.08. The van der Waals surface area contributed by atoms with Crippen LogP contribution in [0.5, 0.6) is 0 Å². The molecular weight excluding hydrogens is 312 g/mol. The van der Waals surface area contributed by atoms with Crippen LogP contribution >= 0.6 is 0 Å². The number of pyridine rings is 1. The maximum atomic E-state index is 11.7. The molecule has 24 heavy (non-hydrogen) atoms. The summed E-state index contributed by atoms with van der Waals surface area (Å²) in [4.78, 5) is 28.4. The van der Waals surface area contributed by atoms with Gasteiger partial charge in [0, 0.05) is 25.0 Å². The summed E-state index contributed by atoms with van der Waals surface area (Å²) in [6.45, 7) is 1.13. The lowest BCUT2D eigenvalue weighted by Crippen LogP contribution is -2.55. The van der Waals surface area contributed by atoms with E-state index >= 15 is 0 Å². The van der Waals surface area contributed by atoms with E-state index in [-0.39, 0.29) is 23.1 Å². The largest absolute Gasteiger partial charge is 0.465 e. The van der Waals surface area contributed by atoms with Crippen LogP contribution in [0.2, 0.25) is 0 Å². The third-order valence-corrected chi connectivity index (χ3v) is 3.82. The van der Waals surface area contributed by atoms with Gasteiger partial charge in [-0.1, -0.05) is 18.2 Å². The van der Waals surface area contributed by atoms with Gasteiger partial charge in [0.1, 0.15) is 5.56 Å². The first kappa shape index (κ1) is 15.7. The number of ether oxygens (including phenoxy) is 1. The van der Waals surface area contributed by atoms with Crippen molar-refractivity contribution in [2.45, 2.75) is 6.04 Å². The summed E-state index contributed by atoms with van der Waals surface area (Å²) in [5.41, 5.74) is 0.586. The molecule has 124 valence electrons. The van der Waals surface area contributed by atoms with E-state index in [1.807, 2.05) is 30.3 Å². The van der Waals surface area contributed by atoms with Crippen molar-refractivity contribution in [3.8, 4) is 0 Å². The van der Waals surface area contributed by atoms with Gasteiger partial charge in [-0.3, -0.25) is 10.1 Å². The highest BCUT2D eigenvalue weighted by atomic mass is 16.6. The summed E-state index contributed by atoms with van der Waals surface area (Å²) in [5.74, 6) is -0.557. The van der Waals surface area contributed by atoms with Gasteiger partial charge in [0.25, 0.3) is 0 Å². The summed E-state index contributed by atoms with van der Waals surface area (Å²) in [6.07, 6.45) is 1.38. The second-order valence-corrected chi connectivity index (χ2v) is 5.39. The lowest BCUT2D eigenvalue weighted by Gasteiger charge is -2.40. The molecule has 1 aliphatic heterocycles. The molecule has 2 aromatic rings. The standard InChI is InChI=1S/C16H16N4O4/c1-24-16(21)13-7-8-17-15(14(13)20(22)23)19-9-12(10-19)18-11-5-3-2-4-6-11/h2-8,12,18H,9-10H2,1H3. The Morgan fingerprint density at radius 3 is 2.67 bits per heavy atom. The van der Waals surface area contributed by atoms with Gasteiger partial charge in [0.15, 0.2) is 0 Å². The Kier molecular flexibility index (Phi) is 4.28. The van der Waals surface area contributed by atoms with Crippen LogP contribution in [0.15, 0.2) is 42.6 Å². The van der Waals surface area contributed by atoms with E-state index in [4.69, 9.17) is 0 Å². The van der Waals surface area contributed by atoms with Gasteiger partial charge in [0.05, 0.1) is 18.1 Å². The fraction of sp³-hybridized carbons (Fsp3) is 0.250. The van der Waals surface area contributed by atoms with E-state index in [0.717, 1.165) is 5.69 Å². The molecule has 1 aromatic heterocycles. The summed E-state index contributed by atoms with van der Waals surface area (Å²) in [6, 6.07) is 11.2. The number of methoxy groups -OCH3 is 1. The maximum Gasteiger partial charge on any atom is 0.345 e. The molecular formula is C16H16N4O4. The lowest BCUT2D eigenvalue weighted by atomic mass is 10.1. The normalized spacial score (nSPS) is 14.0. The van der Waals surface area contributed by atoms with Gasteiger partial charge in [-0.15, -0.1) is 0 Å². The second kappa shape index (κ2) is 6.53. The molecule has 8 nitrogen and oxygen atoms in total. The first-order chi connectivity index (χ1) is 11.6. The number of esters is 1. The zero-order chi connectivity index (χ0) is 17.1. The molecule has 0 aliphatic carbocycles. The van der Waals surface area contributed by atoms with Crippen LogP contribution in [0, 0.1) is 10.1 Å². The van der Waals surface area contributed by atoms with Crippen LogP contribution in [0.25, 0.3) is 0 Å². The summed E-state index contributed by atoms with van der Waals surface area (Å²) in [5, 5.41) is 14.7. The van der Waals surface area contributed by atoms with Crippen molar-refractivity contribution in [2.75, 3.05) is 30.4 Å². The highest BCUT2D eigenvalue weighted by Gasteiger charge is 2.35. The number of nitrogens with one attached hydrogen (secondary N) is 1. The van der Waals surface area contributed by atoms with E-state index in [1.54, 1.807) is 4.90 Å². The predicted molar refractivity (Wildman–Crippen MR) is 88.3 cm³/mol. The van der Waals surface area contributed by atoms with Crippen molar-refractivity contribution in [1.82, 2.24) is 4.98 Å². The van der Waals surface area contributed by atoms with E-state index in [9.17, 15) is 14.9 Å². The minimum absolute atomic E-state index is 0.0908. The summed E-state index contributed by atoms with van der Waals surface area (Å²) in [7, 11) is 1.19. The Balaban J connectivity index is 1.77. The molecule has 1 N–H and O–H groups in total. The summed E-state index contributed by atoms with van der Waals surface area (Å²) < 4.78 is 4.61. The molecule has 0 amide bonds. The molecule has 2 heterocycles. The van der Waals surface area contributed by atoms with Crippen molar-refractivity contribution < 1.29 is 14.5 Å². The second-order valence-electron chi connectivity index (χ2n) is 5.39. The SMILES string of the molecule is COC(=O)c1ccnc(N2CC(Nc3ccccc3)C2)c1[N+](=O)[O-]. The molecule has 1 aliphatic rings. The van der Waals surface area contributed by atoms with Crippen molar-refractivity contribution in [3.63, 3.8) is 0 Å². The number of nitrogens with zero attached hydrogens (tertiary/aromatic N) is 3. The Morgan fingerprint density at radius 1 is 1.33 bits per heavy atom. The molecule has 0 spiro atoms. The van der Waals surface area contributed by atoms with Crippen molar-refractivity contribution >= 4 is 23.2 Å². The van der Waals surface area contributed by atoms with Crippen LogP contribution in [-0.2, 0) is 4.74 Å². The Bertz CT molecular complexity index is 760. The van der Waals surface area contributed by atoms with Crippen LogP contribution in [0.1, 0.15) is 10.4 Å². The number of rotatable bonds is 5. The van der Waals surface area contributed by atoms with Gasteiger partial charge in [-0.2, -0.15) is 0 Å². The van der Waals surface area contributed by atoms with Gasteiger partial charge in [-0.05, 0) is 18.2 Å². The van der Waals surface area contributed by atoms with Crippen LogP contribution in [-0.4, -0.2) is 42.1 Å². The fourth-order valence-electron chi connectivity index (χ4n) is 2.64. The third-order valence-electron chi connectivity index (χ3n) is 3.82. The average molecular weight is 328 g/mol. The zero-order valence-electron chi connectivity index (χ0n) is 13.0. The monoisotopic (exact) mass is 328 g/mol. The smallest absolute Gasteiger partial charge is 0.345 e. The lowest BCUT2D eigenvalue weighted by molar-refractivity contribution is -0.384. The van der Waals surface area contributed by atoms with Gasteiger partial charge < -0.3 is 15.0 Å². The molecule has 0 saturated carbocycles. The number of carbonyl (C=O) groups excluding carboxylic acids is 1. The number of nitro groups is 1. The van der Waals surface area contributed by atoms with E-state index < -0.39 is 10.9 Å². The van der Waals surface area contributed by atoms with E-state index in [0.29, 0.717) is 13.1 Å². The average Bonchev–Trinajstić information content (AvgIpc) is 2.57. The summed E-state index contributed by atoms with van der Waals surface area (Å²) >= 11 is 0. The first-order valence-electron chi connectivity index (χ1n) is 7.38. The van der Waals surface area contributed by atoms with Crippen molar-refractivity contribution in [2.24, 2.45) is 0 Å². The number of carbonyl (C=O) groups is 1. The molecule has 3 rings (SSSR count). The highest BCUT2D eigenvalue weighted by Crippen LogP contribution is 2.33. The third kappa shape index (κ3) is 2.98. The highest BCUT2D eigenvalue weighted by molar-refractivity contribution is 5.96. The first-order valence-corrected chi connectivity index (χ1v) is 7.38. The number of benzene rings is 1. The van der Waals surface area contributed by atoms with E-state index in [2.05, 4.69) is 15.0 Å². The Hall–Kier alpha value is -3.16. The minimum atomic E-state index is -0.746. The molecule has 1 fully saturated rings. The molecule has 0 radical (unpaired) electrons. The molecule has 8 heteroatoms. The van der Waals surface area contributed by atoms with Gasteiger partial charge >= 0.3 is 11.7 Å². The number of hydrogen-bond acceptors (Lipinski definition) is 7. The van der Waals surface area contributed by atoms with Crippen molar-refractivity contribution in [1.29, 1.82) is 0 Å².